The minimum absolute atomic E-state index is 0.114. The molecule has 0 aromatic rings. The Bertz CT molecular complexity index is 149. The summed E-state index contributed by atoms with van der Waals surface area (Å²) in [6.07, 6.45) is -0.677. The molecule has 0 bridgehead atoms. The molecule has 0 aliphatic carbocycles. The van der Waals surface area contributed by atoms with Crippen molar-refractivity contribution < 1.29 is 9.90 Å². The third-order valence-electron chi connectivity index (χ3n) is 1.72. The molecular weight excluding hydrogens is 132 g/mol. The number of hydrogen-bond donors (Lipinski definition) is 2. The van der Waals surface area contributed by atoms with E-state index < -0.39 is 6.23 Å². The summed E-state index contributed by atoms with van der Waals surface area (Å²) >= 11 is 0. The molecule has 58 valence electrons. The van der Waals surface area contributed by atoms with Crippen LogP contribution in [0.3, 0.4) is 0 Å². The summed E-state index contributed by atoms with van der Waals surface area (Å²) in [6.45, 7) is 2.51. The van der Waals surface area contributed by atoms with Gasteiger partial charge in [-0.1, -0.05) is 6.92 Å². The largest absolute Gasteiger partial charge is 0.373 e. The first-order chi connectivity index (χ1) is 4.61. The lowest BCUT2D eigenvalue weighted by Crippen LogP contribution is -2.54. The zero-order chi connectivity index (χ0) is 7.72. The van der Waals surface area contributed by atoms with Gasteiger partial charge in [0.2, 0.25) is 0 Å². The monoisotopic (exact) mass is 144 g/mol. The van der Waals surface area contributed by atoms with E-state index in [4.69, 9.17) is 5.11 Å². The number of nitrogens with zero attached hydrogens (tertiary/aromatic N) is 1. The molecule has 4 nitrogen and oxygen atoms in total. The highest BCUT2D eigenvalue weighted by Gasteiger charge is 2.26. The second kappa shape index (κ2) is 2.46. The maximum Gasteiger partial charge on any atom is 0.319 e. The number of urea groups is 1. The first-order valence-electron chi connectivity index (χ1n) is 3.31. The quantitative estimate of drug-likeness (QED) is 0.486. The van der Waals surface area contributed by atoms with Crippen molar-refractivity contribution in [3.63, 3.8) is 0 Å². The number of aliphatic hydroxyl groups excluding tert-OH is 1. The van der Waals surface area contributed by atoms with E-state index in [9.17, 15) is 4.79 Å². The number of amides is 2. The Kier molecular flexibility index (Phi) is 1.80. The predicted octanol–water partition coefficient (Wildman–Crippen LogP) is -0.404. The summed E-state index contributed by atoms with van der Waals surface area (Å²) in [4.78, 5) is 12.4. The van der Waals surface area contributed by atoms with E-state index in [1.54, 1.807) is 11.9 Å². The van der Waals surface area contributed by atoms with Crippen LogP contribution in [0.15, 0.2) is 0 Å². The van der Waals surface area contributed by atoms with E-state index in [0.717, 1.165) is 0 Å². The lowest BCUT2D eigenvalue weighted by atomic mass is 10.1. The van der Waals surface area contributed by atoms with Gasteiger partial charge in [0.05, 0.1) is 0 Å². The van der Waals surface area contributed by atoms with Crippen molar-refractivity contribution in [2.45, 2.75) is 13.2 Å². The van der Waals surface area contributed by atoms with E-state index in [2.05, 4.69) is 5.32 Å². The molecule has 0 spiro atoms. The smallest absolute Gasteiger partial charge is 0.319 e. The molecule has 2 unspecified atom stereocenters. The van der Waals surface area contributed by atoms with Crippen LogP contribution >= 0.6 is 0 Å². The van der Waals surface area contributed by atoms with Gasteiger partial charge in [0, 0.05) is 19.5 Å². The third kappa shape index (κ3) is 1.21. The minimum Gasteiger partial charge on any atom is -0.373 e. The molecule has 2 N–H and O–H groups in total. The van der Waals surface area contributed by atoms with E-state index in [1.807, 2.05) is 6.92 Å². The molecule has 10 heavy (non-hydrogen) atoms. The second-order valence-corrected chi connectivity index (χ2v) is 2.75. The molecular formula is C6H12N2O2. The summed E-state index contributed by atoms with van der Waals surface area (Å²) in [5, 5.41) is 11.5. The van der Waals surface area contributed by atoms with Gasteiger partial charge in [-0.3, -0.25) is 0 Å². The van der Waals surface area contributed by atoms with Crippen LogP contribution in [0, 0.1) is 5.92 Å². The van der Waals surface area contributed by atoms with Gasteiger partial charge in [0.1, 0.15) is 6.23 Å². The lowest BCUT2D eigenvalue weighted by Gasteiger charge is -2.32. The van der Waals surface area contributed by atoms with Crippen molar-refractivity contribution in [2.24, 2.45) is 5.92 Å². The highest BCUT2D eigenvalue weighted by Crippen LogP contribution is 2.07. The molecule has 2 atom stereocenters. The molecule has 0 saturated carbocycles. The summed E-state index contributed by atoms with van der Waals surface area (Å²) in [7, 11) is 1.71. The van der Waals surface area contributed by atoms with Crippen molar-refractivity contribution >= 4 is 6.03 Å². The first-order valence-corrected chi connectivity index (χ1v) is 3.31. The second-order valence-electron chi connectivity index (χ2n) is 2.75. The van der Waals surface area contributed by atoms with Crippen molar-refractivity contribution in [3.05, 3.63) is 0 Å². The van der Waals surface area contributed by atoms with Gasteiger partial charge in [-0.25, -0.2) is 4.79 Å². The molecule has 0 aromatic heterocycles. The number of rotatable bonds is 0. The molecule has 1 aliphatic rings. The Balaban J connectivity index is 2.54. The van der Waals surface area contributed by atoms with Crippen LogP contribution in [0.4, 0.5) is 4.79 Å². The molecule has 1 aliphatic heterocycles. The van der Waals surface area contributed by atoms with Crippen LogP contribution in [0.1, 0.15) is 6.92 Å². The highest BCUT2D eigenvalue weighted by atomic mass is 16.3. The zero-order valence-electron chi connectivity index (χ0n) is 6.16. The van der Waals surface area contributed by atoms with E-state index in [0.29, 0.717) is 6.54 Å². The standard InChI is InChI=1S/C6H12N2O2/c1-4-3-8(2)6(10)7-5(4)9/h4-5,9H,3H2,1-2H3,(H,7,10). The van der Waals surface area contributed by atoms with Gasteiger partial charge in [-0.15, -0.1) is 0 Å². The summed E-state index contributed by atoms with van der Waals surface area (Å²) < 4.78 is 0. The molecule has 1 heterocycles. The third-order valence-corrected chi connectivity index (χ3v) is 1.72. The number of nitrogens with one attached hydrogen (secondary N) is 1. The van der Waals surface area contributed by atoms with Gasteiger partial charge >= 0.3 is 6.03 Å². The average molecular weight is 144 g/mol. The number of carbonyl (C=O) groups excluding carboxylic acids is 1. The van der Waals surface area contributed by atoms with E-state index >= 15 is 0 Å². The topological polar surface area (TPSA) is 52.6 Å². The zero-order valence-corrected chi connectivity index (χ0v) is 6.16. The fourth-order valence-electron chi connectivity index (χ4n) is 0.994. The Morgan fingerprint density at radius 2 is 2.40 bits per heavy atom. The molecule has 1 saturated heterocycles. The average Bonchev–Trinajstić information content (AvgIpc) is 1.84. The van der Waals surface area contributed by atoms with Crippen LogP contribution < -0.4 is 5.32 Å². The van der Waals surface area contributed by atoms with Gasteiger partial charge in [0.25, 0.3) is 0 Å². The van der Waals surface area contributed by atoms with Gasteiger partial charge in [-0.05, 0) is 0 Å². The number of hydrogen-bond acceptors (Lipinski definition) is 2. The lowest BCUT2D eigenvalue weighted by molar-refractivity contribution is 0.0482. The summed E-state index contributed by atoms with van der Waals surface area (Å²) in [6, 6.07) is -0.203. The summed E-state index contributed by atoms with van der Waals surface area (Å²) in [5.41, 5.74) is 0. The Labute approximate surface area is 59.8 Å². The van der Waals surface area contributed by atoms with Gasteiger partial charge in [0.15, 0.2) is 0 Å². The highest BCUT2D eigenvalue weighted by molar-refractivity contribution is 5.74. The SMILES string of the molecule is CC1CN(C)C(=O)NC1O. The molecule has 4 heteroatoms. The molecule has 0 radical (unpaired) electrons. The number of carbonyl (C=O) groups is 1. The predicted molar refractivity (Wildman–Crippen MR) is 36.3 cm³/mol. The van der Waals surface area contributed by atoms with E-state index in [1.165, 1.54) is 0 Å². The minimum atomic E-state index is -0.677. The van der Waals surface area contributed by atoms with Crippen LogP contribution in [-0.2, 0) is 0 Å². The Morgan fingerprint density at radius 1 is 1.80 bits per heavy atom. The fraction of sp³-hybridized carbons (Fsp3) is 0.833. The molecule has 1 rings (SSSR count). The maximum absolute atomic E-state index is 10.8. The Morgan fingerprint density at radius 3 is 2.90 bits per heavy atom. The maximum atomic E-state index is 10.8. The Hall–Kier alpha value is -0.770. The van der Waals surface area contributed by atoms with Crippen LogP contribution in [0.25, 0.3) is 0 Å². The van der Waals surface area contributed by atoms with Crippen LogP contribution in [-0.4, -0.2) is 35.9 Å². The van der Waals surface area contributed by atoms with Crippen molar-refractivity contribution in [3.8, 4) is 0 Å². The summed E-state index contributed by atoms with van der Waals surface area (Å²) in [5.74, 6) is 0.114. The number of aliphatic hydroxyl groups is 1. The van der Waals surface area contributed by atoms with Crippen molar-refractivity contribution in [1.29, 1.82) is 0 Å². The van der Waals surface area contributed by atoms with Crippen molar-refractivity contribution in [2.75, 3.05) is 13.6 Å². The molecule has 1 fully saturated rings. The first kappa shape index (κ1) is 7.34. The van der Waals surface area contributed by atoms with E-state index in [-0.39, 0.29) is 11.9 Å². The van der Waals surface area contributed by atoms with Crippen LogP contribution in [0.2, 0.25) is 0 Å². The van der Waals surface area contributed by atoms with Gasteiger partial charge in [-0.2, -0.15) is 0 Å². The molecule has 0 aromatic carbocycles. The van der Waals surface area contributed by atoms with Crippen LogP contribution in [0.5, 0.6) is 0 Å². The van der Waals surface area contributed by atoms with Gasteiger partial charge < -0.3 is 15.3 Å². The fourth-order valence-corrected chi connectivity index (χ4v) is 0.994. The molecule has 2 amide bonds. The van der Waals surface area contributed by atoms with Crippen molar-refractivity contribution in [1.82, 2.24) is 10.2 Å². The normalized spacial score (nSPS) is 33.9.